The van der Waals surface area contributed by atoms with Gasteiger partial charge < -0.3 is 0 Å². The molecule has 0 N–H and O–H groups in total. The van der Waals surface area contributed by atoms with Crippen LogP contribution in [0.5, 0.6) is 0 Å². The van der Waals surface area contributed by atoms with Gasteiger partial charge in [-0.05, 0) is 0 Å². The van der Waals surface area contributed by atoms with Crippen molar-refractivity contribution in [1.82, 2.24) is 0 Å². The fraction of sp³-hybridized carbons (Fsp3) is 0.556. The molecule has 0 atom stereocenters. The maximum absolute atomic E-state index is 2.42. The van der Waals surface area contributed by atoms with Gasteiger partial charge in [-0.3, -0.25) is 0 Å². The minimum atomic E-state index is -0.707. The summed E-state index contributed by atoms with van der Waals surface area (Å²) in [7, 11) is 0. The summed E-state index contributed by atoms with van der Waals surface area (Å²) >= 11 is -0.707. The number of unbranched alkanes of at least 4 members (excludes halogenated alkanes) is 2. The maximum atomic E-state index is 2.42. The van der Waals surface area contributed by atoms with Gasteiger partial charge in [0.05, 0.1) is 0 Å². The van der Waals surface area contributed by atoms with E-state index < -0.39 is 22.9 Å². The van der Waals surface area contributed by atoms with E-state index in [9.17, 15) is 0 Å². The molecule has 2 rings (SSSR count). The van der Waals surface area contributed by atoms with Crippen LogP contribution in [-0.2, 0) is 22.9 Å². The van der Waals surface area contributed by atoms with E-state index in [0.29, 0.717) is 0 Å². The molecule has 2 aliphatic rings. The first kappa shape index (κ1) is 18.2. The van der Waals surface area contributed by atoms with Crippen molar-refractivity contribution in [3.05, 3.63) is 42.1 Å². The van der Waals surface area contributed by atoms with Crippen molar-refractivity contribution in [3.8, 4) is 0 Å². The third-order valence-corrected chi connectivity index (χ3v) is 9.90. The van der Waals surface area contributed by atoms with Gasteiger partial charge in [-0.2, -0.15) is 0 Å². The normalized spacial score (nSPS) is 17.1. The third-order valence-electron chi connectivity index (χ3n) is 3.96. The first-order chi connectivity index (χ1) is 9.35. The summed E-state index contributed by atoms with van der Waals surface area (Å²) in [6.07, 6.45) is 20.3. The van der Waals surface area contributed by atoms with Gasteiger partial charge >= 0.3 is 130 Å². The molecule has 0 saturated heterocycles. The predicted molar refractivity (Wildman–Crippen MR) is 87.9 cm³/mol. The van der Waals surface area contributed by atoms with E-state index in [-0.39, 0.29) is 12.4 Å². The summed E-state index contributed by atoms with van der Waals surface area (Å²) in [4.78, 5) is 0. The van der Waals surface area contributed by atoms with Crippen LogP contribution in [0.25, 0.3) is 0 Å². The average Bonchev–Trinajstić information content (AvgIpc) is 3.04. The molecule has 0 amide bonds. The van der Waals surface area contributed by atoms with Crippen LogP contribution < -0.4 is 0 Å². The molecule has 0 nitrogen and oxygen atoms in total. The van der Waals surface area contributed by atoms with Crippen molar-refractivity contribution >= 4 is 12.4 Å². The molecule has 0 bridgehead atoms. The Balaban J connectivity index is 0.00000200. The van der Waals surface area contributed by atoms with Crippen molar-refractivity contribution in [2.45, 2.75) is 65.2 Å². The molecule has 0 saturated carbocycles. The van der Waals surface area contributed by atoms with Crippen molar-refractivity contribution in [1.29, 1.82) is 0 Å². The van der Waals surface area contributed by atoms with Crippen molar-refractivity contribution in [2.75, 3.05) is 0 Å². The molecule has 0 aromatic heterocycles. The molecule has 0 aromatic rings. The van der Waals surface area contributed by atoms with E-state index in [4.69, 9.17) is 0 Å². The number of hydrogen-bond acceptors (Lipinski definition) is 0. The van der Waals surface area contributed by atoms with Crippen molar-refractivity contribution < 1.29 is 22.9 Å². The van der Waals surface area contributed by atoms with E-state index >= 15 is 0 Å². The smallest absolute Gasteiger partial charge is 0.147 e. The fourth-order valence-corrected chi connectivity index (χ4v) is 8.29. The van der Waals surface area contributed by atoms with Gasteiger partial charge in [0.2, 0.25) is 0 Å². The van der Waals surface area contributed by atoms with E-state index in [0.717, 1.165) is 0 Å². The van der Waals surface area contributed by atoms with Crippen LogP contribution in [-0.4, -0.2) is 0 Å². The molecule has 110 valence electrons. The molecule has 2 heteroatoms. The topological polar surface area (TPSA) is 0 Å². The molecule has 0 fully saturated rings. The molecule has 0 unspecified atom stereocenters. The summed E-state index contributed by atoms with van der Waals surface area (Å²) in [5.41, 5.74) is 3.44. The number of halogens is 1. The Morgan fingerprint density at radius 1 is 0.850 bits per heavy atom. The summed E-state index contributed by atoms with van der Waals surface area (Å²) in [5, 5.41) is 0. The van der Waals surface area contributed by atoms with E-state index in [1.54, 1.807) is 11.1 Å². The Morgan fingerprint density at radius 3 is 1.70 bits per heavy atom. The minimum absolute atomic E-state index is 0. The third kappa shape index (κ3) is 5.15. The molecular weight excluding hydrogens is 430 g/mol. The molecule has 0 aliphatic heterocycles. The van der Waals surface area contributed by atoms with Gasteiger partial charge in [-0.1, -0.05) is 0 Å². The zero-order valence-corrected chi connectivity index (χ0v) is 17.3. The summed E-state index contributed by atoms with van der Waals surface area (Å²) < 4.78 is 3.78. The van der Waals surface area contributed by atoms with Crippen LogP contribution in [0.1, 0.15) is 65.2 Å². The van der Waals surface area contributed by atoms with Crippen LogP contribution in [0.3, 0.4) is 0 Å². The largest absolute Gasteiger partial charge is 0.147 e. The quantitative estimate of drug-likeness (QED) is 0.376. The molecule has 0 heterocycles. The Morgan fingerprint density at radius 2 is 1.30 bits per heavy atom. The monoisotopic (exact) mass is 458 g/mol. The summed E-state index contributed by atoms with van der Waals surface area (Å²) in [6, 6.07) is 0. The van der Waals surface area contributed by atoms with E-state index in [1.165, 1.54) is 51.4 Å². The van der Waals surface area contributed by atoms with Gasteiger partial charge in [0, 0.05) is 0 Å². The van der Waals surface area contributed by atoms with Crippen molar-refractivity contribution in [3.63, 3.8) is 0 Å². The zero-order valence-electron chi connectivity index (χ0n) is 12.9. The summed E-state index contributed by atoms with van der Waals surface area (Å²) in [6.45, 7) is 4.60. The Labute approximate surface area is 142 Å². The molecule has 0 radical (unpaired) electrons. The molecule has 20 heavy (non-hydrogen) atoms. The first-order valence-electron chi connectivity index (χ1n) is 7.89. The second-order valence-corrected chi connectivity index (χ2v) is 10.8. The Bertz CT molecular complexity index is 387. The van der Waals surface area contributed by atoms with Crippen LogP contribution in [0.4, 0.5) is 0 Å². The van der Waals surface area contributed by atoms with Gasteiger partial charge in [-0.25, -0.2) is 0 Å². The van der Waals surface area contributed by atoms with Gasteiger partial charge in [0.25, 0.3) is 0 Å². The molecule has 0 aromatic carbocycles. The van der Waals surface area contributed by atoms with Crippen LogP contribution >= 0.6 is 12.4 Å². The maximum Gasteiger partial charge on any atom is -0.147 e. The SMILES string of the molecule is CCCCC1=[C]([Hf][C]2=C(CCCC)C=CC2)CC=C1.Cl. The number of rotatable bonds is 8. The predicted octanol–water partition coefficient (Wildman–Crippen LogP) is 6.30. The van der Waals surface area contributed by atoms with Gasteiger partial charge in [0.15, 0.2) is 0 Å². The van der Waals surface area contributed by atoms with Crippen LogP contribution in [0.15, 0.2) is 42.1 Å². The van der Waals surface area contributed by atoms with Crippen LogP contribution in [0, 0.1) is 0 Å². The standard InChI is InChI=1S/2C9H13.ClH.Hf/c2*1-2-3-6-9-7-4-5-8-9;;/h2*4,7H,2-3,5-6H2,1H3;1H;. The average molecular weight is 457 g/mol. The minimum Gasteiger partial charge on any atom is -0.147 e. The second kappa shape index (κ2) is 9.95. The molecule has 0 spiro atoms. The summed E-state index contributed by atoms with van der Waals surface area (Å²) in [5.74, 6) is 0. The van der Waals surface area contributed by atoms with Crippen LogP contribution in [0.2, 0.25) is 0 Å². The molecule has 2 aliphatic carbocycles. The Kier molecular flexibility index (Phi) is 9.04. The zero-order chi connectivity index (χ0) is 13.5. The van der Waals surface area contributed by atoms with Gasteiger partial charge in [-0.15, -0.1) is 12.4 Å². The number of hydrogen-bond donors (Lipinski definition) is 0. The molecular formula is C18H27ClHf. The number of allylic oxidation sites excluding steroid dienone is 8. The Hall–Kier alpha value is 0.120. The first-order valence-corrected chi connectivity index (χ1v) is 11.5. The second-order valence-electron chi connectivity index (χ2n) is 5.55. The van der Waals surface area contributed by atoms with E-state index in [1.807, 2.05) is 6.66 Å². The fourth-order valence-electron chi connectivity index (χ4n) is 2.75. The van der Waals surface area contributed by atoms with E-state index in [2.05, 4.69) is 38.2 Å². The van der Waals surface area contributed by atoms with Gasteiger partial charge in [0.1, 0.15) is 0 Å². The van der Waals surface area contributed by atoms with Crippen molar-refractivity contribution in [2.24, 2.45) is 0 Å².